The lowest BCUT2D eigenvalue weighted by Crippen LogP contribution is -1.86. The van der Waals surface area contributed by atoms with E-state index >= 15 is 0 Å². The van der Waals surface area contributed by atoms with E-state index in [-0.39, 0.29) is 0 Å². The minimum absolute atomic E-state index is 0.589. The van der Waals surface area contributed by atoms with Crippen LogP contribution < -0.4 is 5.73 Å². The summed E-state index contributed by atoms with van der Waals surface area (Å²) >= 11 is 1.43. The normalized spacial score (nSPS) is 11.2. The topological polar surface area (TPSA) is 56.7 Å². The summed E-state index contributed by atoms with van der Waals surface area (Å²) < 4.78 is 1.76. The lowest BCUT2D eigenvalue weighted by atomic mass is 10.3. The molecule has 0 aliphatic carbocycles. The van der Waals surface area contributed by atoms with Crippen LogP contribution in [0.2, 0.25) is 0 Å². The average molecular weight is 206 g/mol. The summed E-state index contributed by atoms with van der Waals surface area (Å²) in [6.07, 6.45) is 5.71. The third-order valence-electron chi connectivity index (χ3n) is 1.70. The molecule has 0 atom stereocenters. The zero-order valence-corrected chi connectivity index (χ0v) is 8.53. The van der Waals surface area contributed by atoms with Crippen molar-refractivity contribution in [3.05, 3.63) is 29.0 Å². The molecular formula is C9H10N4S. The molecule has 2 rings (SSSR count). The van der Waals surface area contributed by atoms with E-state index in [1.54, 1.807) is 4.68 Å². The predicted octanol–water partition coefficient (Wildman–Crippen LogP) is 1.63. The van der Waals surface area contributed by atoms with Gasteiger partial charge >= 0.3 is 0 Å². The van der Waals surface area contributed by atoms with Crippen molar-refractivity contribution in [1.29, 1.82) is 0 Å². The van der Waals surface area contributed by atoms with Crippen molar-refractivity contribution in [2.75, 3.05) is 5.73 Å². The highest BCUT2D eigenvalue weighted by Gasteiger charge is 1.94. The fourth-order valence-corrected chi connectivity index (χ4v) is 1.60. The number of nitrogens with zero attached hydrogens (tertiary/aromatic N) is 3. The van der Waals surface area contributed by atoms with E-state index < -0.39 is 0 Å². The smallest absolute Gasteiger partial charge is 0.180 e. The first-order chi connectivity index (χ1) is 6.74. The largest absolute Gasteiger partial charge is 0.375 e. The van der Waals surface area contributed by atoms with Crippen molar-refractivity contribution >= 4 is 28.6 Å². The summed E-state index contributed by atoms with van der Waals surface area (Å²) in [5, 5.41) is 6.71. The van der Waals surface area contributed by atoms with Crippen LogP contribution in [0.4, 0.5) is 5.13 Å². The molecular weight excluding hydrogens is 196 g/mol. The quantitative estimate of drug-likeness (QED) is 0.812. The Labute approximate surface area is 85.7 Å². The summed E-state index contributed by atoms with van der Waals surface area (Å²) in [7, 11) is 1.89. The van der Waals surface area contributed by atoms with Crippen molar-refractivity contribution in [2.24, 2.45) is 7.05 Å². The fourth-order valence-electron chi connectivity index (χ4n) is 1.07. The molecule has 0 aromatic carbocycles. The van der Waals surface area contributed by atoms with Crippen LogP contribution in [-0.4, -0.2) is 14.8 Å². The van der Waals surface area contributed by atoms with E-state index in [1.807, 2.05) is 36.8 Å². The second kappa shape index (κ2) is 3.63. The molecule has 0 spiro atoms. The minimum atomic E-state index is 0.589. The number of anilines is 1. The van der Waals surface area contributed by atoms with Crippen LogP contribution in [0.3, 0.4) is 0 Å². The number of aromatic nitrogens is 3. The van der Waals surface area contributed by atoms with Crippen molar-refractivity contribution in [3.8, 4) is 0 Å². The molecule has 14 heavy (non-hydrogen) atoms. The van der Waals surface area contributed by atoms with Crippen LogP contribution >= 0.6 is 11.3 Å². The Bertz CT molecular complexity index is 413. The van der Waals surface area contributed by atoms with Gasteiger partial charge < -0.3 is 5.73 Å². The zero-order valence-electron chi connectivity index (χ0n) is 7.71. The van der Waals surface area contributed by atoms with Crippen LogP contribution in [0.25, 0.3) is 12.2 Å². The highest BCUT2D eigenvalue weighted by Crippen LogP contribution is 2.13. The van der Waals surface area contributed by atoms with Gasteiger partial charge in [-0.2, -0.15) is 5.10 Å². The first kappa shape index (κ1) is 8.96. The number of hydrogen-bond acceptors (Lipinski definition) is 4. The van der Waals surface area contributed by atoms with Crippen LogP contribution in [0.1, 0.15) is 11.4 Å². The fraction of sp³-hybridized carbons (Fsp3) is 0.111. The highest BCUT2D eigenvalue weighted by atomic mass is 32.1. The van der Waals surface area contributed by atoms with Crippen LogP contribution in [0, 0.1) is 0 Å². The molecule has 0 aliphatic heterocycles. The third-order valence-corrected chi connectivity index (χ3v) is 2.39. The van der Waals surface area contributed by atoms with Gasteiger partial charge in [0.25, 0.3) is 0 Å². The van der Waals surface area contributed by atoms with Gasteiger partial charge in [-0.05, 0) is 18.2 Å². The molecule has 0 amide bonds. The Morgan fingerprint density at radius 2 is 2.21 bits per heavy atom. The van der Waals surface area contributed by atoms with Gasteiger partial charge in [-0.1, -0.05) is 0 Å². The Balaban J connectivity index is 2.14. The van der Waals surface area contributed by atoms with Crippen molar-refractivity contribution in [3.63, 3.8) is 0 Å². The van der Waals surface area contributed by atoms with Crippen molar-refractivity contribution in [2.45, 2.75) is 0 Å². The molecule has 2 aromatic rings. The molecule has 0 bridgehead atoms. The van der Waals surface area contributed by atoms with E-state index in [1.165, 1.54) is 11.3 Å². The number of nitrogen functional groups attached to an aromatic ring is 1. The Kier molecular flexibility index (Phi) is 2.32. The predicted molar refractivity (Wildman–Crippen MR) is 58.7 cm³/mol. The monoisotopic (exact) mass is 206 g/mol. The molecule has 2 N–H and O–H groups in total. The highest BCUT2D eigenvalue weighted by molar-refractivity contribution is 7.13. The molecule has 0 radical (unpaired) electrons. The Morgan fingerprint density at radius 1 is 1.43 bits per heavy atom. The SMILES string of the molecule is Cn1ccc(C=Cc2csc(N)n2)n1. The number of rotatable bonds is 2. The van der Waals surface area contributed by atoms with Crippen LogP contribution in [0.5, 0.6) is 0 Å². The summed E-state index contributed by atoms with van der Waals surface area (Å²) in [6.45, 7) is 0. The van der Waals surface area contributed by atoms with E-state index in [4.69, 9.17) is 5.73 Å². The van der Waals surface area contributed by atoms with Gasteiger partial charge in [0.2, 0.25) is 0 Å². The molecule has 0 aliphatic rings. The molecule has 5 heteroatoms. The minimum Gasteiger partial charge on any atom is -0.375 e. The van der Waals surface area contributed by atoms with E-state index in [0.29, 0.717) is 5.13 Å². The van der Waals surface area contributed by atoms with E-state index in [9.17, 15) is 0 Å². The number of hydrogen-bond donors (Lipinski definition) is 1. The average Bonchev–Trinajstić information content (AvgIpc) is 2.72. The maximum atomic E-state index is 5.51. The van der Waals surface area contributed by atoms with E-state index in [0.717, 1.165) is 11.4 Å². The summed E-state index contributed by atoms with van der Waals surface area (Å²) in [5.41, 5.74) is 7.29. The lowest BCUT2D eigenvalue weighted by molar-refractivity contribution is 0.765. The maximum Gasteiger partial charge on any atom is 0.180 e. The maximum absolute atomic E-state index is 5.51. The van der Waals surface area contributed by atoms with Crippen molar-refractivity contribution in [1.82, 2.24) is 14.8 Å². The molecule has 0 saturated carbocycles. The van der Waals surface area contributed by atoms with Gasteiger partial charge in [-0.25, -0.2) is 4.98 Å². The number of nitrogens with two attached hydrogens (primary N) is 1. The molecule has 2 heterocycles. The second-order valence-electron chi connectivity index (χ2n) is 2.86. The first-order valence-electron chi connectivity index (χ1n) is 4.13. The third kappa shape index (κ3) is 2.00. The van der Waals surface area contributed by atoms with E-state index in [2.05, 4.69) is 10.1 Å². The Morgan fingerprint density at radius 3 is 2.79 bits per heavy atom. The molecule has 72 valence electrons. The summed E-state index contributed by atoms with van der Waals surface area (Å²) in [6, 6.07) is 1.94. The molecule has 2 aromatic heterocycles. The number of aryl methyl sites for hydroxylation is 1. The second-order valence-corrected chi connectivity index (χ2v) is 3.75. The first-order valence-corrected chi connectivity index (χ1v) is 5.01. The van der Waals surface area contributed by atoms with Gasteiger partial charge in [0, 0.05) is 18.6 Å². The zero-order chi connectivity index (χ0) is 9.97. The number of thiazole rings is 1. The lowest BCUT2D eigenvalue weighted by Gasteiger charge is -1.84. The van der Waals surface area contributed by atoms with Crippen LogP contribution in [0.15, 0.2) is 17.6 Å². The molecule has 0 saturated heterocycles. The van der Waals surface area contributed by atoms with Crippen molar-refractivity contribution < 1.29 is 0 Å². The molecule has 4 nitrogen and oxygen atoms in total. The molecule has 0 fully saturated rings. The standard InChI is InChI=1S/C9H10N4S/c1-13-5-4-7(12-13)2-3-8-6-14-9(10)11-8/h2-6H,1H3,(H2,10,11). The summed E-state index contributed by atoms with van der Waals surface area (Å²) in [4.78, 5) is 4.11. The van der Waals surface area contributed by atoms with Gasteiger partial charge in [0.15, 0.2) is 5.13 Å². The summed E-state index contributed by atoms with van der Waals surface area (Å²) in [5.74, 6) is 0. The van der Waals surface area contributed by atoms with Gasteiger partial charge in [-0.15, -0.1) is 11.3 Å². The van der Waals surface area contributed by atoms with Crippen LogP contribution in [-0.2, 0) is 7.05 Å². The van der Waals surface area contributed by atoms with Gasteiger partial charge in [0.05, 0.1) is 11.4 Å². The Hall–Kier alpha value is -1.62. The van der Waals surface area contributed by atoms with Gasteiger partial charge in [0.1, 0.15) is 0 Å². The van der Waals surface area contributed by atoms with Gasteiger partial charge in [-0.3, -0.25) is 4.68 Å². The molecule has 0 unspecified atom stereocenters.